The van der Waals surface area contributed by atoms with Gasteiger partial charge in [-0.3, -0.25) is 14.2 Å². The summed E-state index contributed by atoms with van der Waals surface area (Å²) in [6, 6.07) is 9.41. The quantitative estimate of drug-likeness (QED) is 0.733. The summed E-state index contributed by atoms with van der Waals surface area (Å²) in [5.41, 5.74) is 1.12. The van der Waals surface area contributed by atoms with Crippen LogP contribution in [-0.2, 0) is 7.05 Å². The number of aryl methyl sites for hydroxylation is 1. The molecule has 0 radical (unpaired) electrons. The van der Waals surface area contributed by atoms with Gasteiger partial charge in [-0.05, 0) is 6.92 Å². The van der Waals surface area contributed by atoms with Crippen LogP contribution in [0.15, 0.2) is 35.1 Å². The van der Waals surface area contributed by atoms with Crippen molar-refractivity contribution in [2.45, 2.75) is 6.92 Å². The van der Waals surface area contributed by atoms with Gasteiger partial charge >= 0.3 is 0 Å². The minimum Gasteiger partial charge on any atom is -0.298 e. The molecule has 0 spiro atoms. The summed E-state index contributed by atoms with van der Waals surface area (Å²) in [4.78, 5) is 27.0. The van der Waals surface area contributed by atoms with E-state index in [0.29, 0.717) is 17.8 Å². The molecule has 0 aliphatic carbocycles. The summed E-state index contributed by atoms with van der Waals surface area (Å²) < 4.78 is 1.39. The highest BCUT2D eigenvalue weighted by molar-refractivity contribution is 5.76. The maximum atomic E-state index is 11.9. The van der Waals surface area contributed by atoms with Crippen molar-refractivity contribution in [2.24, 2.45) is 7.05 Å². The fraction of sp³-hybridized carbons (Fsp3) is 0.154. The largest absolute Gasteiger partial charge is 0.298 e. The molecule has 1 heterocycles. The molecule has 1 aromatic carbocycles. The molecule has 0 amide bonds. The predicted octanol–water partition coefficient (Wildman–Crippen LogP) is 1.57. The summed E-state index contributed by atoms with van der Waals surface area (Å²) in [7, 11) is 1.62. The zero-order valence-electron chi connectivity index (χ0n) is 9.68. The van der Waals surface area contributed by atoms with E-state index in [1.54, 1.807) is 14.0 Å². The molecule has 0 aliphatic rings. The topological polar surface area (TPSA) is 52.0 Å². The molecule has 0 N–H and O–H groups in total. The molecule has 17 heavy (non-hydrogen) atoms. The Bertz CT molecular complexity index is 615. The molecule has 0 aliphatic heterocycles. The van der Waals surface area contributed by atoms with Gasteiger partial charge in [-0.15, -0.1) is 0 Å². The number of aromatic nitrogens is 2. The number of benzene rings is 1. The first kappa shape index (κ1) is 11.3. The molecule has 0 fully saturated rings. The Balaban J connectivity index is 2.74. The standard InChI is InChI=1S/C13H12N2O2/c1-9-11(8-16)13(17)15(2)12(14-9)10-6-4-3-5-7-10/h3-8H,1-2H3. The van der Waals surface area contributed by atoms with Crippen LogP contribution >= 0.6 is 0 Å². The first-order valence-electron chi connectivity index (χ1n) is 5.23. The number of carbonyl (C=O) groups is 1. The average Bonchev–Trinajstić information content (AvgIpc) is 2.35. The van der Waals surface area contributed by atoms with E-state index in [-0.39, 0.29) is 11.1 Å². The van der Waals surface area contributed by atoms with Gasteiger partial charge in [-0.2, -0.15) is 0 Å². The van der Waals surface area contributed by atoms with Gasteiger partial charge in [0, 0.05) is 12.6 Å². The maximum Gasteiger partial charge on any atom is 0.264 e. The zero-order valence-corrected chi connectivity index (χ0v) is 9.68. The second kappa shape index (κ2) is 4.33. The highest BCUT2D eigenvalue weighted by Crippen LogP contribution is 2.15. The van der Waals surface area contributed by atoms with Crippen molar-refractivity contribution in [1.82, 2.24) is 9.55 Å². The highest BCUT2D eigenvalue weighted by Gasteiger charge is 2.11. The van der Waals surface area contributed by atoms with Gasteiger partial charge in [0.1, 0.15) is 11.4 Å². The number of hydrogen-bond acceptors (Lipinski definition) is 3. The highest BCUT2D eigenvalue weighted by atomic mass is 16.1. The first-order valence-corrected chi connectivity index (χ1v) is 5.23. The Morgan fingerprint density at radius 1 is 1.24 bits per heavy atom. The van der Waals surface area contributed by atoms with E-state index < -0.39 is 0 Å². The lowest BCUT2D eigenvalue weighted by atomic mass is 10.2. The minimum atomic E-state index is -0.314. The van der Waals surface area contributed by atoms with Crippen molar-refractivity contribution in [2.75, 3.05) is 0 Å². The molecule has 2 aromatic rings. The fourth-order valence-corrected chi connectivity index (χ4v) is 1.71. The fourth-order valence-electron chi connectivity index (χ4n) is 1.71. The Kier molecular flexibility index (Phi) is 2.87. The van der Waals surface area contributed by atoms with Gasteiger partial charge in [0.25, 0.3) is 5.56 Å². The van der Waals surface area contributed by atoms with Crippen molar-refractivity contribution >= 4 is 6.29 Å². The van der Waals surface area contributed by atoms with Crippen molar-refractivity contribution in [1.29, 1.82) is 0 Å². The lowest BCUT2D eigenvalue weighted by molar-refractivity contribution is 0.112. The SMILES string of the molecule is Cc1nc(-c2ccccc2)n(C)c(=O)c1C=O. The van der Waals surface area contributed by atoms with Gasteiger partial charge in [0.2, 0.25) is 0 Å². The Labute approximate surface area is 98.6 Å². The van der Waals surface area contributed by atoms with Gasteiger partial charge in [0.15, 0.2) is 6.29 Å². The van der Waals surface area contributed by atoms with Crippen LogP contribution in [0.25, 0.3) is 11.4 Å². The molecular formula is C13H12N2O2. The van der Waals surface area contributed by atoms with E-state index in [9.17, 15) is 9.59 Å². The van der Waals surface area contributed by atoms with Crippen LogP contribution in [0.2, 0.25) is 0 Å². The van der Waals surface area contributed by atoms with Crippen molar-refractivity contribution in [3.63, 3.8) is 0 Å². The number of carbonyl (C=O) groups excluding carboxylic acids is 1. The Morgan fingerprint density at radius 2 is 1.88 bits per heavy atom. The second-order valence-electron chi connectivity index (χ2n) is 3.78. The molecule has 0 atom stereocenters. The van der Waals surface area contributed by atoms with Crippen LogP contribution in [0.4, 0.5) is 0 Å². The van der Waals surface area contributed by atoms with Crippen molar-refractivity contribution in [3.8, 4) is 11.4 Å². The first-order chi connectivity index (χ1) is 8.15. The van der Waals surface area contributed by atoms with Gasteiger partial charge < -0.3 is 0 Å². The van der Waals surface area contributed by atoms with E-state index in [4.69, 9.17) is 0 Å². The molecule has 4 heteroatoms. The van der Waals surface area contributed by atoms with Crippen LogP contribution in [0.5, 0.6) is 0 Å². The zero-order chi connectivity index (χ0) is 12.4. The summed E-state index contributed by atoms with van der Waals surface area (Å²) >= 11 is 0. The Morgan fingerprint density at radius 3 is 2.47 bits per heavy atom. The molecule has 0 saturated carbocycles. The van der Waals surface area contributed by atoms with Crippen LogP contribution in [0, 0.1) is 6.92 Å². The van der Waals surface area contributed by atoms with Crippen molar-refractivity contribution in [3.05, 3.63) is 51.9 Å². The van der Waals surface area contributed by atoms with Crippen molar-refractivity contribution < 1.29 is 4.79 Å². The molecule has 0 bridgehead atoms. The second-order valence-corrected chi connectivity index (χ2v) is 3.78. The smallest absolute Gasteiger partial charge is 0.264 e. The molecule has 1 aromatic heterocycles. The van der Waals surface area contributed by atoms with Gasteiger partial charge in [-0.1, -0.05) is 30.3 Å². The molecule has 4 nitrogen and oxygen atoms in total. The normalized spacial score (nSPS) is 10.2. The van der Waals surface area contributed by atoms with Gasteiger partial charge in [0.05, 0.1) is 5.69 Å². The number of aldehydes is 1. The third-order valence-corrected chi connectivity index (χ3v) is 2.67. The Hall–Kier alpha value is -2.23. The van der Waals surface area contributed by atoms with E-state index in [1.165, 1.54) is 4.57 Å². The lowest BCUT2D eigenvalue weighted by Gasteiger charge is -2.09. The predicted molar refractivity (Wildman–Crippen MR) is 65.0 cm³/mol. The summed E-state index contributed by atoms with van der Waals surface area (Å²) in [5, 5.41) is 0. The third kappa shape index (κ3) is 1.89. The van der Waals surface area contributed by atoms with Crippen LogP contribution in [0.3, 0.4) is 0 Å². The molecule has 0 unspecified atom stereocenters. The van der Waals surface area contributed by atoms with E-state index in [2.05, 4.69) is 4.98 Å². The van der Waals surface area contributed by atoms with Gasteiger partial charge in [-0.25, -0.2) is 4.98 Å². The van der Waals surface area contributed by atoms with Crippen LogP contribution in [-0.4, -0.2) is 15.8 Å². The maximum absolute atomic E-state index is 11.9. The summed E-state index contributed by atoms with van der Waals surface area (Å²) in [5.74, 6) is 0.568. The lowest BCUT2D eigenvalue weighted by Crippen LogP contribution is -2.25. The van der Waals surface area contributed by atoms with Crippen LogP contribution in [0.1, 0.15) is 16.1 Å². The summed E-state index contributed by atoms with van der Waals surface area (Å²) in [6.07, 6.45) is 0.555. The molecular weight excluding hydrogens is 216 g/mol. The van der Waals surface area contributed by atoms with E-state index in [1.807, 2.05) is 30.3 Å². The monoisotopic (exact) mass is 228 g/mol. The van der Waals surface area contributed by atoms with E-state index >= 15 is 0 Å². The molecule has 86 valence electrons. The van der Waals surface area contributed by atoms with Crippen LogP contribution < -0.4 is 5.56 Å². The average molecular weight is 228 g/mol. The number of nitrogens with zero attached hydrogens (tertiary/aromatic N) is 2. The third-order valence-electron chi connectivity index (χ3n) is 2.67. The summed E-state index contributed by atoms with van der Waals surface area (Å²) in [6.45, 7) is 1.66. The van der Waals surface area contributed by atoms with E-state index in [0.717, 1.165) is 5.56 Å². The molecule has 2 rings (SSSR count). The number of hydrogen-bond donors (Lipinski definition) is 0. The number of rotatable bonds is 2. The minimum absolute atomic E-state index is 0.118. The molecule has 0 saturated heterocycles.